The number of nitrogens with zero attached hydrogens (tertiary/aromatic N) is 1. The quantitative estimate of drug-likeness (QED) is 0.633. The first kappa shape index (κ1) is 16.0. The molecule has 0 unspecified atom stereocenters. The Morgan fingerprint density at radius 3 is 2.64 bits per heavy atom. The predicted molar refractivity (Wildman–Crippen MR) is 83.6 cm³/mol. The number of esters is 1. The summed E-state index contributed by atoms with van der Waals surface area (Å²) in [7, 11) is 0. The number of benzene rings is 1. The Balaban J connectivity index is 2.42. The molecule has 0 fully saturated rings. The third kappa shape index (κ3) is 3.46. The minimum absolute atomic E-state index is 0.0427. The van der Waals surface area contributed by atoms with Crippen LogP contribution in [0.5, 0.6) is 0 Å². The zero-order valence-corrected chi connectivity index (χ0v) is 12.9. The van der Waals surface area contributed by atoms with E-state index in [4.69, 9.17) is 9.15 Å². The van der Waals surface area contributed by atoms with Gasteiger partial charge in [-0.2, -0.15) is 0 Å². The van der Waals surface area contributed by atoms with Gasteiger partial charge in [0.2, 0.25) is 0 Å². The summed E-state index contributed by atoms with van der Waals surface area (Å²) in [5.74, 6) is -0.402. The van der Waals surface area contributed by atoms with E-state index in [0.717, 1.165) is 24.2 Å². The van der Waals surface area contributed by atoms with Crippen molar-refractivity contribution in [1.82, 2.24) is 0 Å². The van der Waals surface area contributed by atoms with E-state index in [2.05, 4.69) is 24.5 Å². The molecule has 2 aromatic rings. The highest BCUT2D eigenvalue weighted by molar-refractivity contribution is 5.83. The summed E-state index contributed by atoms with van der Waals surface area (Å²) >= 11 is 0. The van der Waals surface area contributed by atoms with Crippen molar-refractivity contribution in [3.63, 3.8) is 0 Å². The normalized spacial score (nSPS) is 10.7. The van der Waals surface area contributed by atoms with Crippen LogP contribution in [0.25, 0.3) is 11.0 Å². The number of anilines is 1. The van der Waals surface area contributed by atoms with E-state index >= 15 is 0 Å². The fraction of sp³-hybridized carbons (Fsp3) is 0.375. The van der Waals surface area contributed by atoms with E-state index in [-0.39, 0.29) is 13.2 Å². The van der Waals surface area contributed by atoms with Gasteiger partial charge in [0.1, 0.15) is 12.2 Å². The first-order chi connectivity index (χ1) is 10.6. The summed E-state index contributed by atoms with van der Waals surface area (Å²) in [6, 6.07) is 7.06. The molecule has 0 saturated carbocycles. The topological polar surface area (TPSA) is 87.4 Å². The number of quaternary nitrogens is 1. The lowest BCUT2D eigenvalue weighted by Gasteiger charge is -2.21. The molecule has 6 heteroatoms. The summed E-state index contributed by atoms with van der Waals surface area (Å²) in [5, 5.41) is 0.771. The standard InChI is InChI=1S/C16H20N2O4/c1-3-18(4-2)12-5-6-13-11(10-21-16(20)9-17)7-15(19)22-14(13)8-12/h5-8H,3-4,9-10,17H2,1-2H3/p+1. The van der Waals surface area contributed by atoms with Crippen molar-refractivity contribution in [3.8, 4) is 0 Å². The second-order valence-corrected chi connectivity index (χ2v) is 4.85. The Hall–Kier alpha value is -2.34. The molecule has 118 valence electrons. The predicted octanol–water partition coefficient (Wildman–Crippen LogP) is 0.924. The summed E-state index contributed by atoms with van der Waals surface area (Å²) < 4.78 is 10.3. The lowest BCUT2D eigenvalue weighted by Crippen LogP contribution is -2.54. The fourth-order valence-corrected chi connectivity index (χ4v) is 2.35. The Morgan fingerprint density at radius 2 is 2.00 bits per heavy atom. The number of ether oxygens (including phenoxy) is 1. The Kier molecular flexibility index (Phi) is 5.16. The SMILES string of the molecule is CCN(CC)c1ccc2c(COC(=O)C[NH3+])cc(=O)oc2c1. The Bertz CT molecular complexity index is 720. The van der Waals surface area contributed by atoms with Crippen LogP contribution in [0.15, 0.2) is 33.5 Å². The number of hydrogen-bond acceptors (Lipinski definition) is 5. The van der Waals surface area contributed by atoms with Crippen molar-refractivity contribution >= 4 is 22.6 Å². The van der Waals surface area contributed by atoms with Gasteiger partial charge in [0.05, 0.1) is 0 Å². The Labute approximate surface area is 128 Å². The zero-order chi connectivity index (χ0) is 16.1. The van der Waals surface area contributed by atoms with Crippen LogP contribution in [0.1, 0.15) is 19.4 Å². The second kappa shape index (κ2) is 7.09. The number of carbonyl (C=O) groups excluding carboxylic acids is 1. The number of rotatable bonds is 6. The van der Waals surface area contributed by atoms with E-state index in [0.29, 0.717) is 11.1 Å². The average Bonchev–Trinajstić information content (AvgIpc) is 2.52. The second-order valence-electron chi connectivity index (χ2n) is 4.85. The van der Waals surface area contributed by atoms with Gasteiger partial charge in [-0.3, -0.25) is 0 Å². The fourth-order valence-electron chi connectivity index (χ4n) is 2.35. The third-order valence-corrected chi connectivity index (χ3v) is 3.54. The minimum atomic E-state index is -0.454. The molecule has 6 nitrogen and oxygen atoms in total. The van der Waals surface area contributed by atoms with E-state index < -0.39 is 11.6 Å². The molecule has 0 saturated heterocycles. The molecule has 1 heterocycles. The van der Waals surface area contributed by atoms with E-state index in [9.17, 15) is 9.59 Å². The highest BCUT2D eigenvalue weighted by Crippen LogP contribution is 2.24. The van der Waals surface area contributed by atoms with Crippen LogP contribution in [-0.4, -0.2) is 25.6 Å². The van der Waals surface area contributed by atoms with Gasteiger partial charge in [0.15, 0.2) is 6.54 Å². The summed E-state index contributed by atoms with van der Waals surface area (Å²) in [4.78, 5) is 25.1. The van der Waals surface area contributed by atoms with Gasteiger partial charge in [-0.05, 0) is 26.0 Å². The van der Waals surface area contributed by atoms with Crippen molar-refractivity contribution in [2.75, 3.05) is 24.5 Å². The molecule has 0 atom stereocenters. The smallest absolute Gasteiger partial charge is 0.361 e. The van der Waals surface area contributed by atoms with Crippen LogP contribution >= 0.6 is 0 Å². The first-order valence-corrected chi connectivity index (χ1v) is 7.35. The molecule has 0 aliphatic carbocycles. The Morgan fingerprint density at radius 1 is 1.27 bits per heavy atom. The maximum absolute atomic E-state index is 11.7. The molecule has 0 radical (unpaired) electrons. The van der Waals surface area contributed by atoms with Crippen molar-refractivity contribution in [1.29, 1.82) is 0 Å². The minimum Gasteiger partial charge on any atom is -0.457 e. The van der Waals surface area contributed by atoms with Gasteiger partial charge in [0, 0.05) is 41.9 Å². The van der Waals surface area contributed by atoms with Gasteiger partial charge >= 0.3 is 11.6 Å². The molecule has 0 amide bonds. The average molecular weight is 305 g/mol. The van der Waals surface area contributed by atoms with Gasteiger partial charge < -0.3 is 19.8 Å². The lowest BCUT2D eigenvalue weighted by atomic mass is 10.1. The van der Waals surface area contributed by atoms with Crippen LogP contribution in [0.3, 0.4) is 0 Å². The molecule has 0 aliphatic heterocycles. The van der Waals surface area contributed by atoms with E-state index in [1.54, 1.807) is 0 Å². The molecule has 1 aromatic heterocycles. The highest BCUT2D eigenvalue weighted by atomic mass is 16.5. The summed E-state index contributed by atoms with van der Waals surface area (Å²) in [6.07, 6.45) is 0. The molecular weight excluding hydrogens is 284 g/mol. The lowest BCUT2D eigenvalue weighted by molar-refractivity contribution is -0.360. The van der Waals surface area contributed by atoms with Crippen LogP contribution in [0.4, 0.5) is 5.69 Å². The number of fused-ring (bicyclic) bond motifs is 1. The number of hydrogen-bond donors (Lipinski definition) is 1. The summed E-state index contributed by atoms with van der Waals surface area (Å²) in [5.41, 5.74) is 5.14. The molecule has 0 aliphatic rings. The van der Waals surface area contributed by atoms with Crippen molar-refractivity contribution in [3.05, 3.63) is 40.2 Å². The molecule has 22 heavy (non-hydrogen) atoms. The van der Waals surface area contributed by atoms with Crippen molar-refractivity contribution in [2.45, 2.75) is 20.5 Å². The van der Waals surface area contributed by atoms with Crippen molar-refractivity contribution < 1.29 is 19.7 Å². The van der Waals surface area contributed by atoms with Gasteiger partial charge in [0.25, 0.3) is 0 Å². The van der Waals surface area contributed by atoms with E-state index in [1.165, 1.54) is 6.07 Å². The third-order valence-electron chi connectivity index (χ3n) is 3.54. The molecule has 2 rings (SSSR count). The van der Waals surface area contributed by atoms with Gasteiger partial charge in [-0.1, -0.05) is 0 Å². The first-order valence-electron chi connectivity index (χ1n) is 7.35. The van der Waals surface area contributed by atoms with Crippen LogP contribution in [0, 0.1) is 0 Å². The monoisotopic (exact) mass is 305 g/mol. The highest BCUT2D eigenvalue weighted by Gasteiger charge is 2.11. The van der Waals surface area contributed by atoms with E-state index in [1.807, 2.05) is 18.2 Å². The number of carbonyl (C=O) groups is 1. The van der Waals surface area contributed by atoms with Gasteiger partial charge in [-0.25, -0.2) is 9.59 Å². The van der Waals surface area contributed by atoms with Crippen LogP contribution in [-0.2, 0) is 16.1 Å². The van der Waals surface area contributed by atoms with Crippen LogP contribution in [0.2, 0.25) is 0 Å². The maximum atomic E-state index is 11.7. The maximum Gasteiger partial charge on any atom is 0.361 e. The largest absolute Gasteiger partial charge is 0.457 e. The molecule has 0 spiro atoms. The zero-order valence-electron chi connectivity index (χ0n) is 12.9. The van der Waals surface area contributed by atoms with Crippen LogP contribution < -0.4 is 16.3 Å². The summed E-state index contributed by atoms with van der Waals surface area (Å²) in [6.45, 7) is 5.98. The molecule has 3 N–H and O–H groups in total. The van der Waals surface area contributed by atoms with Gasteiger partial charge in [-0.15, -0.1) is 0 Å². The molecular formula is C16H21N2O4+. The molecule has 1 aromatic carbocycles. The van der Waals surface area contributed by atoms with Crippen molar-refractivity contribution in [2.24, 2.45) is 0 Å². The molecule has 0 bridgehead atoms.